The summed E-state index contributed by atoms with van der Waals surface area (Å²) < 4.78 is 5.85. The lowest BCUT2D eigenvalue weighted by Crippen LogP contribution is -2.60. The number of nitrogens with zero attached hydrogens (tertiary/aromatic N) is 2. The number of benzene rings is 1. The molecule has 0 aromatic heterocycles. The van der Waals surface area contributed by atoms with Crippen LogP contribution >= 0.6 is 11.6 Å². The van der Waals surface area contributed by atoms with Crippen LogP contribution in [-0.2, 0) is 9.53 Å². The summed E-state index contributed by atoms with van der Waals surface area (Å²) in [6, 6.07) is 6.88. The molecule has 0 unspecified atom stereocenters. The molecule has 6 nitrogen and oxygen atoms in total. The van der Waals surface area contributed by atoms with Crippen LogP contribution in [0.3, 0.4) is 0 Å². The maximum Gasteiger partial charge on any atom is 0.253 e. The molecule has 0 bridgehead atoms. The molecule has 30 heavy (non-hydrogen) atoms. The number of rotatable bonds is 5. The van der Waals surface area contributed by atoms with Gasteiger partial charge in [-0.1, -0.05) is 31.9 Å². The number of carbonyl (C=O) groups is 2. The quantitative estimate of drug-likeness (QED) is 0.773. The minimum Gasteiger partial charge on any atom is -0.376 e. The highest BCUT2D eigenvalue weighted by Crippen LogP contribution is 2.36. The number of piperidine rings is 1. The van der Waals surface area contributed by atoms with Gasteiger partial charge in [0, 0.05) is 49.7 Å². The minimum atomic E-state index is -0.381. The van der Waals surface area contributed by atoms with Crippen molar-refractivity contribution in [3.8, 4) is 0 Å². The molecule has 164 valence electrons. The lowest BCUT2D eigenvalue weighted by atomic mass is 9.94. The van der Waals surface area contributed by atoms with E-state index in [1.165, 1.54) is 0 Å². The summed E-state index contributed by atoms with van der Waals surface area (Å²) in [6.07, 6.45) is 4.61. The van der Waals surface area contributed by atoms with Gasteiger partial charge in [0.15, 0.2) is 0 Å². The summed E-state index contributed by atoms with van der Waals surface area (Å²) in [5, 5.41) is 4.33. The van der Waals surface area contributed by atoms with E-state index >= 15 is 0 Å². The first kappa shape index (κ1) is 21.6. The zero-order chi connectivity index (χ0) is 21.3. The normalized spacial score (nSPS) is 27.1. The Labute approximate surface area is 183 Å². The molecule has 1 spiro atoms. The van der Waals surface area contributed by atoms with E-state index in [0.29, 0.717) is 30.2 Å². The number of likely N-dealkylation sites (tertiary alicyclic amines) is 1. The third-order valence-corrected chi connectivity index (χ3v) is 7.32. The van der Waals surface area contributed by atoms with Crippen molar-refractivity contribution in [2.75, 3.05) is 26.2 Å². The van der Waals surface area contributed by atoms with Gasteiger partial charge in [-0.3, -0.25) is 14.9 Å². The maximum absolute atomic E-state index is 13.4. The lowest BCUT2D eigenvalue weighted by Gasteiger charge is -2.45. The summed E-state index contributed by atoms with van der Waals surface area (Å²) in [5.74, 6) is 0.491. The fourth-order valence-corrected chi connectivity index (χ4v) is 5.08. The van der Waals surface area contributed by atoms with E-state index < -0.39 is 0 Å². The van der Waals surface area contributed by atoms with Gasteiger partial charge >= 0.3 is 0 Å². The van der Waals surface area contributed by atoms with Crippen LogP contribution in [0.4, 0.5) is 0 Å². The number of hydrogen-bond acceptors (Lipinski definition) is 4. The summed E-state index contributed by atoms with van der Waals surface area (Å²) in [6.45, 7) is 6.93. The minimum absolute atomic E-state index is 0.0231. The van der Waals surface area contributed by atoms with E-state index in [0.717, 1.165) is 38.7 Å². The molecule has 0 saturated carbocycles. The molecule has 4 rings (SSSR count). The summed E-state index contributed by atoms with van der Waals surface area (Å²) in [7, 11) is 0. The average Bonchev–Trinajstić information content (AvgIpc) is 3.37. The molecule has 3 aliphatic rings. The fourth-order valence-electron chi connectivity index (χ4n) is 4.95. The molecule has 0 radical (unpaired) electrons. The van der Waals surface area contributed by atoms with E-state index in [4.69, 9.17) is 16.3 Å². The first-order valence-corrected chi connectivity index (χ1v) is 11.6. The Morgan fingerprint density at radius 2 is 2.00 bits per heavy atom. The van der Waals surface area contributed by atoms with E-state index in [1.807, 2.05) is 9.80 Å². The average molecular weight is 434 g/mol. The standard InChI is InChI=1S/C23H32ClN3O3/c1-3-16(2)20-22(29)27(15-19-5-4-14-30-19)23(25-20)10-12-26(13-11-23)21(28)17-6-8-18(24)9-7-17/h6-9,16,19-20,25H,3-5,10-15H2,1-2H3/t16-,19-,20-/m0/s1. The molecule has 7 heteroatoms. The van der Waals surface area contributed by atoms with Crippen molar-refractivity contribution in [2.45, 2.75) is 63.8 Å². The highest BCUT2D eigenvalue weighted by atomic mass is 35.5. The molecule has 3 fully saturated rings. The van der Waals surface area contributed by atoms with E-state index in [-0.39, 0.29) is 35.5 Å². The van der Waals surface area contributed by atoms with Crippen LogP contribution in [0.2, 0.25) is 5.02 Å². The Kier molecular flexibility index (Phi) is 6.37. The monoisotopic (exact) mass is 433 g/mol. The van der Waals surface area contributed by atoms with Gasteiger partial charge in [0.25, 0.3) is 5.91 Å². The number of amides is 2. The van der Waals surface area contributed by atoms with E-state index in [2.05, 4.69) is 19.2 Å². The van der Waals surface area contributed by atoms with Crippen LogP contribution in [0.15, 0.2) is 24.3 Å². The fraction of sp³-hybridized carbons (Fsp3) is 0.652. The van der Waals surface area contributed by atoms with Crippen molar-refractivity contribution >= 4 is 23.4 Å². The van der Waals surface area contributed by atoms with Crippen molar-refractivity contribution in [1.29, 1.82) is 0 Å². The second-order valence-corrected chi connectivity index (χ2v) is 9.36. The molecule has 3 heterocycles. The van der Waals surface area contributed by atoms with Crippen LogP contribution in [0.25, 0.3) is 0 Å². The molecule has 1 aromatic carbocycles. The van der Waals surface area contributed by atoms with Crippen LogP contribution < -0.4 is 5.32 Å². The van der Waals surface area contributed by atoms with Crippen LogP contribution in [0.1, 0.15) is 56.3 Å². The van der Waals surface area contributed by atoms with Gasteiger partial charge in [-0.15, -0.1) is 0 Å². The molecule has 1 N–H and O–H groups in total. The van der Waals surface area contributed by atoms with Crippen molar-refractivity contribution in [3.05, 3.63) is 34.9 Å². The largest absolute Gasteiger partial charge is 0.376 e. The molecule has 3 aliphatic heterocycles. The van der Waals surface area contributed by atoms with Crippen molar-refractivity contribution < 1.29 is 14.3 Å². The highest BCUT2D eigenvalue weighted by Gasteiger charge is 2.53. The molecule has 3 saturated heterocycles. The number of nitrogens with one attached hydrogen (secondary N) is 1. The number of hydrogen-bond donors (Lipinski definition) is 1. The van der Waals surface area contributed by atoms with Crippen molar-refractivity contribution in [2.24, 2.45) is 5.92 Å². The predicted octanol–water partition coefficient (Wildman–Crippen LogP) is 3.30. The molecule has 1 aromatic rings. The van der Waals surface area contributed by atoms with E-state index in [9.17, 15) is 9.59 Å². The predicted molar refractivity (Wildman–Crippen MR) is 116 cm³/mol. The zero-order valence-electron chi connectivity index (χ0n) is 17.9. The third-order valence-electron chi connectivity index (χ3n) is 7.07. The second kappa shape index (κ2) is 8.85. The Morgan fingerprint density at radius 3 is 2.60 bits per heavy atom. The Balaban J connectivity index is 1.49. The van der Waals surface area contributed by atoms with Gasteiger partial charge in [-0.2, -0.15) is 0 Å². The van der Waals surface area contributed by atoms with Gasteiger partial charge < -0.3 is 14.5 Å². The zero-order valence-corrected chi connectivity index (χ0v) is 18.7. The molecule has 0 aliphatic carbocycles. The lowest BCUT2D eigenvalue weighted by molar-refractivity contribution is -0.136. The molecular weight excluding hydrogens is 402 g/mol. The SMILES string of the molecule is CC[C@H](C)[C@@H]1NC2(CCN(C(=O)c3ccc(Cl)cc3)CC2)N(C[C@@H]2CCCO2)C1=O. The number of ether oxygens (including phenoxy) is 1. The van der Waals surface area contributed by atoms with Crippen LogP contribution in [0, 0.1) is 5.92 Å². The van der Waals surface area contributed by atoms with E-state index in [1.54, 1.807) is 24.3 Å². The van der Waals surface area contributed by atoms with Gasteiger partial charge in [0.2, 0.25) is 5.91 Å². The topological polar surface area (TPSA) is 61.9 Å². The second-order valence-electron chi connectivity index (χ2n) is 8.92. The summed E-state index contributed by atoms with van der Waals surface area (Å²) >= 11 is 5.95. The van der Waals surface area contributed by atoms with Gasteiger partial charge in [0.05, 0.1) is 17.8 Å². The first-order chi connectivity index (χ1) is 14.4. The molecular formula is C23H32ClN3O3. The van der Waals surface area contributed by atoms with Gasteiger partial charge in [0.1, 0.15) is 0 Å². The Bertz CT molecular complexity index is 770. The highest BCUT2D eigenvalue weighted by molar-refractivity contribution is 6.30. The molecule has 3 atom stereocenters. The van der Waals surface area contributed by atoms with Crippen LogP contribution in [-0.4, -0.2) is 65.7 Å². The van der Waals surface area contributed by atoms with Crippen molar-refractivity contribution in [1.82, 2.24) is 15.1 Å². The molecule has 2 amide bonds. The van der Waals surface area contributed by atoms with Crippen molar-refractivity contribution in [3.63, 3.8) is 0 Å². The number of carbonyl (C=O) groups excluding carboxylic acids is 2. The third kappa shape index (κ3) is 4.10. The summed E-state index contributed by atoms with van der Waals surface area (Å²) in [4.78, 5) is 30.2. The van der Waals surface area contributed by atoms with Crippen LogP contribution in [0.5, 0.6) is 0 Å². The maximum atomic E-state index is 13.4. The Hall–Kier alpha value is -1.63. The van der Waals surface area contributed by atoms with Gasteiger partial charge in [-0.05, 0) is 43.0 Å². The summed E-state index contributed by atoms with van der Waals surface area (Å²) in [5.41, 5.74) is 0.271. The van der Waals surface area contributed by atoms with Gasteiger partial charge in [-0.25, -0.2) is 0 Å². The number of halogens is 1. The Morgan fingerprint density at radius 1 is 1.30 bits per heavy atom. The first-order valence-electron chi connectivity index (χ1n) is 11.2. The smallest absolute Gasteiger partial charge is 0.253 e.